The molecule has 0 saturated carbocycles. The van der Waals surface area contributed by atoms with Gasteiger partial charge in [-0.3, -0.25) is 9.69 Å². The molecule has 0 atom stereocenters. The minimum atomic E-state index is -0.0979. The fraction of sp³-hybridized carbons (Fsp3) is 0.556. The van der Waals surface area contributed by atoms with Crippen LogP contribution in [-0.4, -0.2) is 72.5 Å². The number of anilines is 1. The molecule has 1 aliphatic heterocycles. The third kappa shape index (κ3) is 5.44. The van der Waals surface area contributed by atoms with E-state index in [0.29, 0.717) is 19.6 Å². The van der Waals surface area contributed by atoms with Gasteiger partial charge < -0.3 is 15.1 Å². The molecule has 0 radical (unpaired) electrons. The van der Waals surface area contributed by atoms with Crippen molar-refractivity contribution in [1.82, 2.24) is 14.7 Å². The van der Waals surface area contributed by atoms with Crippen molar-refractivity contribution in [2.75, 3.05) is 51.1 Å². The molecule has 1 N–H and O–H groups in total. The summed E-state index contributed by atoms with van der Waals surface area (Å²) in [5.41, 5.74) is 1.91. The molecule has 6 nitrogen and oxygen atoms in total. The lowest BCUT2D eigenvalue weighted by Gasteiger charge is -2.35. The summed E-state index contributed by atoms with van der Waals surface area (Å²) in [6, 6.07) is 5.75. The van der Waals surface area contributed by atoms with E-state index in [0.717, 1.165) is 41.9 Å². The summed E-state index contributed by atoms with van der Waals surface area (Å²) in [6.45, 7) is 10.6. The average Bonchev–Trinajstić information content (AvgIpc) is 2.59. The van der Waals surface area contributed by atoms with Crippen LogP contribution >= 0.6 is 15.9 Å². The number of likely N-dealkylation sites (N-methyl/N-ethyl adjacent to an activating group) is 1. The van der Waals surface area contributed by atoms with Gasteiger partial charge in [0.1, 0.15) is 0 Å². The molecule has 1 aliphatic rings. The first-order chi connectivity index (χ1) is 11.9. The Kier molecular flexibility index (Phi) is 7.25. The van der Waals surface area contributed by atoms with Crippen molar-refractivity contribution in [3.05, 3.63) is 28.2 Å². The zero-order chi connectivity index (χ0) is 18.4. The Morgan fingerprint density at radius 3 is 2.36 bits per heavy atom. The van der Waals surface area contributed by atoms with Crippen LogP contribution in [0.2, 0.25) is 0 Å². The Morgan fingerprint density at radius 2 is 1.80 bits per heavy atom. The molecule has 2 rings (SSSR count). The summed E-state index contributed by atoms with van der Waals surface area (Å²) in [4.78, 5) is 30.4. The van der Waals surface area contributed by atoms with E-state index in [-0.39, 0.29) is 11.9 Å². The second kappa shape index (κ2) is 9.20. The summed E-state index contributed by atoms with van der Waals surface area (Å²) in [7, 11) is 0. The monoisotopic (exact) mass is 410 g/mol. The lowest BCUT2D eigenvalue weighted by atomic mass is 10.2. The van der Waals surface area contributed by atoms with E-state index in [1.807, 2.05) is 43.9 Å². The van der Waals surface area contributed by atoms with Gasteiger partial charge in [0.15, 0.2) is 0 Å². The molecule has 1 saturated heterocycles. The molecule has 1 aromatic carbocycles. The van der Waals surface area contributed by atoms with Gasteiger partial charge in [0.05, 0.1) is 12.2 Å². The van der Waals surface area contributed by atoms with Crippen LogP contribution in [0.3, 0.4) is 0 Å². The largest absolute Gasteiger partial charge is 0.342 e. The van der Waals surface area contributed by atoms with Crippen molar-refractivity contribution in [3.63, 3.8) is 0 Å². The second-order valence-electron chi connectivity index (χ2n) is 6.24. The van der Waals surface area contributed by atoms with Crippen molar-refractivity contribution in [1.29, 1.82) is 0 Å². The Balaban J connectivity index is 1.83. The van der Waals surface area contributed by atoms with E-state index < -0.39 is 0 Å². The number of aryl methyl sites for hydroxylation is 1. The highest BCUT2D eigenvalue weighted by Crippen LogP contribution is 2.23. The van der Waals surface area contributed by atoms with Crippen LogP contribution in [0.25, 0.3) is 0 Å². The van der Waals surface area contributed by atoms with Crippen molar-refractivity contribution in [2.24, 2.45) is 0 Å². The number of piperazine rings is 1. The van der Waals surface area contributed by atoms with Crippen LogP contribution in [0.1, 0.15) is 19.4 Å². The highest BCUT2D eigenvalue weighted by Gasteiger charge is 2.23. The first-order valence-electron chi connectivity index (χ1n) is 8.76. The topological polar surface area (TPSA) is 55.9 Å². The molecule has 25 heavy (non-hydrogen) atoms. The lowest BCUT2D eigenvalue weighted by molar-refractivity contribution is -0.132. The zero-order valence-electron chi connectivity index (χ0n) is 15.2. The molecule has 1 aromatic rings. The maximum absolute atomic E-state index is 12.4. The summed E-state index contributed by atoms with van der Waals surface area (Å²) in [6.07, 6.45) is 0. The Bertz CT molecular complexity index is 611. The number of carbonyl (C=O) groups excluding carboxylic acids is 2. The van der Waals surface area contributed by atoms with E-state index in [9.17, 15) is 9.59 Å². The number of halogens is 1. The predicted molar refractivity (Wildman–Crippen MR) is 104 cm³/mol. The number of nitrogens with zero attached hydrogens (tertiary/aromatic N) is 3. The average molecular weight is 411 g/mol. The molecule has 0 aliphatic carbocycles. The zero-order valence-corrected chi connectivity index (χ0v) is 16.8. The first-order valence-corrected chi connectivity index (χ1v) is 9.56. The van der Waals surface area contributed by atoms with E-state index in [1.54, 1.807) is 4.90 Å². The maximum atomic E-state index is 12.4. The van der Waals surface area contributed by atoms with Gasteiger partial charge in [-0.2, -0.15) is 0 Å². The number of benzene rings is 1. The molecular weight excluding hydrogens is 384 g/mol. The molecule has 0 spiro atoms. The van der Waals surface area contributed by atoms with E-state index in [1.165, 1.54) is 0 Å². The smallest absolute Gasteiger partial charge is 0.321 e. The molecule has 0 bridgehead atoms. The number of amides is 3. The van der Waals surface area contributed by atoms with E-state index in [4.69, 9.17) is 0 Å². The number of nitrogens with one attached hydrogen (secondary N) is 1. The minimum Gasteiger partial charge on any atom is -0.342 e. The van der Waals surface area contributed by atoms with E-state index in [2.05, 4.69) is 26.1 Å². The normalized spacial score (nSPS) is 15.1. The standard InChI is InChI=1S/C18H27BrN4O2/c1-4-22(5-2)17(24)13-21-8-10-23(11-9-21)18(25)20-16-7-6-14(3)12-15(16)19/h6-7,12H,4-5,8-11,13H2,1-3H3,(H,20,25). The van der Waals surface area contributed by atoms with Crippen LogP contribution in [0.15, 0.2) is 22.7 Å². The number of hydrogen-bond acceptors (Lipinski definition) is 3. The third-order valence-electron chi connectivity index (χ3n) is 4.50. The van der Waals surface area contributed by atoms with Crippen LogP contribution < -0.4 is 5.32 Å². The highest BCUT2D eigenvalue weighted by molar-refractivity contribution is 9.10. The molecule has 1 fully saturated rings. The van der Waals surface area contributed by atoms with Gasteiger partial charge in [-0.05, 0) is 54.4 Å². The molecule has 138 valence electrons. The van der Waals surface area contributed by atoms with Gasteiger partial charge in [0.25, 0.3) is 0 Å². The molecule has 1 heterocycles. The van der Waals surface area contributed by atoms with Crippen LogP contribution in [-0.2, 0) is 4.79 Å². The lowest BCUT2D eigenvalue weighted by Crippen LogP contribution is -2.52. The fourth-order valence-corrected chi connectivity index (χ4v) is 3.48. The minimum absolute atomic E-state index is 0.0979. The van der Waals surface area contributed by atoms with Crippen molar-refractivity contribution in [3.8, 4) is 0 Å². The number of urea groups is 1. The maximum Gasteiger partial charge on any atom is 0.321 e. The molecule has 0 aromatic heterocycles. The summed E-state index contributed by atoms with van der Waals surface area (Å²) in [5.74, 6) is 0.159. The van der Waals surface area contributed by atoms with Gasteiger partial charge in [-0.15, -0.1) is 0 Å². The molecule has 3 amide bonds. The van der Waals surface area contributed by atoms with Gasteiger partial charge in [0, 0.05) is 43.7 Å². The van der Waals surface area contributed by atoms with Crippen molar-refractivity contribution < 1.29 is 9.59 Å². The van der Waals surface area contributed by atoms with Gasteiger partial charge >= 0.3 is 6.03 Å². The molecular formula is C18H27BrN4O2. The number of rotatable bonds is 5. The van der Waals surface area contributed by atoms with Crippen LogP contribution in [0.4, 0.5) is 10.5 Å². The number of carbonyl (C=O) groups is 2. The van der Waals surface area contributed by atoms with Gasteiger partial charge in [0.2, 0.25) is 5.91 Å². The molecule has 7 heteroatoms. The van der Waals surface area contributed by atoms with E-state index >= 15 is 0 Å². The SMILES string of the molecule is CCN(CC)C(=O)CN1CCN(C(=O)Nc2ccc(C)cc2Br)CC1. The van der Waals surface area contributed by atoms with Crippen molar-refractivity contribution >= 4 is 33.6 Å². The fourth-order valence-electron chi connectivity index (χ4n) is 2.89. The second-order valence-corrected chi connectivity index (χ2v) is 7.10. The molecule has 0 unspecified atom stereocenters. The van der Waals surface area contributed by atoms with Crippen LogP contribution in [0, 0.1) is 6.92 Å². The Labute approximate surface area is 158 Å². The Hall–Kier alpha value is -1.60. The van der Waals surface area contributed by atoms with Crippen molar-refractivity contribution in [2.45, 2.75) is 20.8 Å². The summed E-state index contributed by atoms with van der Waals surface area (Å²) < 4.78 is 0.879. The predicted octanol–water partition coefficient (Wildman–Crippen LogP) is 2.78. The number of hydrogen-bond donors (Lipinski definition) is 1. The highest BCUT2D eigenvalue weighted by atomic mass is 79.9. The Morgan fingerprint density at radius 1 is 1.16 bits per heavy atom. The first kappa shape index (κ1) is 19.7. The summed E-state index contributed by atoms with van der Waals surface area (Å²) >= 11 is 3.48. The van der Waals surface area contributed by atoms with Gasteiger partial charge in [-0.1, -0.05) is 6.07 Å². The quantitative estimate of drug-likeness (QED) is 0.811. The third-order valence-corrected chi connectivity index (χ3v) is 5.16. The summed E-state index contributed by atoms with van der Waals surface area (Å²) in [5, 5.41) is 2.95. The van der Waals surface area contributed by atoms with Crippen LogP contribution in [0.5, 0.6) is 0 Å². The van der Waals surface area contributed by atoms with Gasteiger partial charge in [-0.25, -0.2) is 4.79 Å².